The zero-order valence-corrected chi connectivity index (χ0v) is 11.7. The van der Waals surface area contributed by atoms with Crippen molar-refractivity contribution >= 4 is 11.5 Å². The van der Waals surface area contributed by atoms with Crippen molar-refractivity contribution in [1.29, 1.82) is 0 Å². The van der Waals surface area contributed by atoms with Crippen molar-refractivity contribution < 1.29 is 19.4 Å². The first-order valence-corrected chi connectivity index (χ1v) is 6.59. The molecular formula is C15H19NO4. The fraction of sp³-hybridized carbons (Fsp3) is 0.400. The average Bonchev–Trinajstić information content (AvgIpc) is 2.48. The average molecular weight is 277 g/mol. The van der Waals surface area contributed by atoms with Gasteiger partial charge in [0.15, 0.2) is 17.6 Å². The van der Waals surface area contributed by atoms with Gasteiger partial charge in [0.1, 0.15) is 0 Å². The zero-order chi connectivity index (χ0) is 14.5. The SMILES string of the molecule is COc1cc(C2=CCNCC2)ccc1OC(C)C(=O)O. The number of rotatable bonds is 5. The van der Waals surface area contributed by atoms with Gasteiger partial charge in [-0.15, -0.1) is 0 Å². The predicted molar refractivity (Wildman–Crippen MR) is 76.2 cm³/mol. The van der Waals surface area contributed by atoms with Gasteiger partial charge in [0.25, 0.3) is 0 Å². The molecule has 1 aliphatic heterocycles. The van der Waals surface area contributed by atoms with Crippen LogP contribution < -0.4 is 14.8 Å². The lowest BCUT2D eigenvalue weighted by atomic mass is 10.00. The molecule has 0 aromatic heterocycles. The van der Waals surface area contributed by atoms with Crippen molar-refractivity contribution in [3.8, 4) is 11.5 Å². The number of benzene rings is 1. The maximum atomic E-state index is 10.8. The first-order valence-electron chi connectivity index (χ1n) is 6.59. The molecule has 0 amide bonds. The van der Waals surface area contributed by atoms with Gasteiger partial charge in [-0.1, -0.05) is 12.1 Å². The molecule has 1 heterocycles. The molecule has 0 saturated carbocycles. The number of nitrogens with one attached hydrogen (secondary N) is 1. The topological polar surface area (TPSA) is 67.8 Å². The summed E-state index contributed by atoms with van der Waals surface area (Å²) in [4.78, 5) is 10.8. The molecule has 5 nitrogen and oxygen atoms in total. The first-order chi connectivity index (χ1) is 9.61. The molecule has 5 heteroatoms. The largest absolute Gasteiger partial charge is 0.493 e. The van der Waals surface area contributed by atoms with Crippen LogP contribution in [0.3, 0.4) is 0 Å². The Labute approximate surface area is 118 Å². The normalized spacial score (nSPS) is 16.2. The van der Waals surface area contributed by atoms with E-state index in [0.717, 1.165) is 25.1 Å². The predicted octanol–water partition coefficient (Wildman–Crippen LogP) is 1.92. The van der Waals surface area contributed by atoms with Crippen LogP contribution in [0.25, 0.3) is 5.57 Å². The molecule has 0 aliphatic carbocycles. The van der Waals surface area contributed by atoms with Crippen molar-refractivity contribution in [3.63, 3.8) is 0 Å². The summed E-state index contributed by atoms with van der Waals surface area (Å²) in [5, 5.41) is 12.1. The van der Waals surface area contributed by atoms with Crippen LogP contribution in [-0.2, 0) is 4.79 Å². The smallest absolute Gasteiger partial charge is 0.344 e. The van der Waals surface area contributed by atoms with Gasteiger partial charge >= 0.3 is 5.97 Å². The minimum absolute atomic E-state index is 0.445. The summed E-state index contributed by atoms with van der Waals surface area (Å²) < 4.78 is 10.7. The molecule has 1 aromatic rings. The standard InChI is InChI=1S/C15H19NO4/c1-10(15(17)18)20-13-4-3-12(9-14(13)19-2)11-5-7-16-8-6-11/h3-5,9-10,16H,6-8H2,1-2H3,(H,17,18). The molecule has 1 aliphatic rings. The lowest BCUT2D eigenvalue weighted by molar-refractivity contribution is -0.144. The van der Waals surface area contributed by atoms with Crippen LogP contribution in [0.4, 0.5) is 0 Å². The number of methoxy groups -OCH3 is 1. The molecule has 20 heavy (non-hydrogen) atoms. The molecule has 1 unspecified atom stereocenters. The van der Waals surface area contributed by atoms with Gasteiger partial charge in [-0.25, -0.2) is 4.79 Å². The van der Waals surface area contributed by atoms with Crippen LogP contribution in [0.2, 0.25) is 0 Å². The lowest BCUT2D eigenvalue weighted by Crippen LogP contribution is -2.23. The molecule has 1 atom stereocenters. The fourth-order valence-corrected chi connectivity index (χ4v) is 2.09. The first kappa shape index (κ1) is 14.4. The number of carboxylic acid groups (broad SMARTS) is 1. The Balaban J connectivity index is 2.23. The molecule has 0 fully saturated rings. The highest BCUT2D eigenvalue weighted by molar-refractivity contribution is 5.73. The van der Waals surface area contributed by atoms with Gasteiger partial charge in [-0.2, -0.15) is 0 Å². The van der Waals surface area contributed by atoms with E-state index in [0.29, 0.717) is 11.5 Å². The second-order valence-corrected chi connectivity index (χ2v) is 4.65. The van der Waals surface area contributed by atoms with Gasteiger partial charge in [0.05, 0.1) is 7.11 Å². The number of carbonyl (C=O) groups is 1. The summed E-state index contributed by atoms with van der Waals surface area (Å²) in [6, 6.07) is 5.58. The fourth-order valence-electron chi connectivity index (χ4n) is 2.09. The van der Waals surface area contributed by atoms with Gasteiger partial charge in [0.2, 0.25) is 0 Å². The van der Waals surface area contributed by atoms with E-state index in [4.69, 9.17) is 14.6 Å². The van der Waals surface area contributed by atoms with Crippen LogP contribution in [0, 0.1) is 0 Å². The maximum Gasteiger partial charge on any atom is 0.344 e. The summed E-state index contributed by atoms with van der Waals surface area (Å²) in [6.07, 6.45) is 2.21. The maximum absolute atomic E-state index is 10.8. The van der Waals surface area contributed by atoms with E-state index < -0.39 is 12.1 Å². The lowest BCUT2D eigenvalue weighted by Gasteiger charge is -2.17. The number of aliphatic carboxylic acids is 1. The Hall–Kier alpha value is -2.01. The van der Waals surface area contributed by atoms with E-state index in [9.17, 15) is 4.79 Å². The van der Waals surface area contributed by atoms with Crippen LogP contribution in [0.15, 0.2) is 24.3 Å². The molecule has 0 radical (unpaired) electrons. The quantitative estimate of drug-likeness (QED) is 0.860. The highest BCUT2D eigenvalue weighted by Gasteiger charge is 2.16. The van der Waals surface area contributed by atoms with Crippen molar-refractivity contribution in [1.82, 2.24) is 5.32 Å². The van der Waals surface area contributed by atoms with E-state index in [1.807, 2.05) is 12.1 Å². The number of hydrogen-bond acceptors (Lipinski definition) is 4. The van der Waals surface area contributed by atoms with E-state index in [2.05, 4.69) is 11.4 Å². The second kappa shape index (κ2) is 6.43. The summed E-state index contributed by atoms with van der Waals surface area (Å²) in [6.45, 7) is 3.32. The van der Waals surface area contributed by atoms with Crippen LogP contribution in [-0.4, -0.2) is 37.4 Å². The second-order valence-electron chi connectivity index (χ2n) is 4.65. The van der Waals surface area contributed by atoms with Gasteiger partial charge in [0, 0.05) is 6.54 Å². The monoisotopic (exact) mass is 277 g/mol. The number of carboxylic acids is 1. The van der Waals surface area contributed by atoms with Crippen molar-refractivity contribution in [2.75, 3.05) is 20.2 Å². The number of ether oxygens (including phenoxy) is 2. The summed E-state index contributed by atoms with van der Waals surface area (Å²) >= 11 is 0. The Morgan fingerprint density at radius 1 is 1.40 bits per heavy atom. The summed E-state index contributed by atoms with van der Waals surface area (Å²) in [5.74, 6) is -0.00656. The molecule has 0 bridgehead atoms. The van der Waals surface area contributed by atoms with E-state index in [-0.39, 0.29) is 0 Å². The van der Waals surface area contributed by atoms with Gasteiger partial charge in [-0.3, -0.25) is 0 Å². The molecule has 1 aromatic carbocycles. The van der Waals surface area contributed by atoms with Gasteiger partial charge < -0.3 is 19.9 Å². The Morgan fingerprint density at radius 3 is 2.80 bits per heavy atom. The number of hydrogen-bond donors (Lipinski definition) is 2. The highest BCUT2D eigenvalue weighted by Crippen LogP contribution is 2.32. The van der Waals surface area contributed by atoms with Crippen LogP contribution in [0.5, 0.6) is 11.5 Å². The molecular weight excluding hydrogens is 258 g/mol. The third kappa shape index (κ3) is 3.30. The summed E-state index contributed by atoms with van der Waals surface area (Å²) in [5.41, 5.74) is 2.35. The molecule has 0 saturated heterocycles. The van der Waals surface area contributed by atoms with Crippen molar-refractivity contribution in [3.05, 3.63) is 29.8 Å². The van der Waals surface area contributed by atoms with E-state index in [1.165, 1.54) is 12.5 Å². The summed E-state index contributed by atoms with van der Waals surface area (Å²) in [7, 11) is 1.55. The Kier molecular flexibility index (Phi) is 4.63. The third-order valence-corrected chi connectivity index (χ3v) is 3.25. The van der Waals surface area contributed by atoms with E-state index >= 15 is 0 Å². The molecule has 108 valence electrons. The molecule has 2 rings (SSSR count). The van der Waals surface area contributed by atoms with Crippen LogP contribution >= 0.6 is 0 Å². The van der Waals surface area contributed by atoms with Crippen LogP contribution in [0.1, 0.15) is 18.9 Å². The van der Waals surface area contributed by atoms with E-state index in [1.54, 1.807) is 13.2 Å². The molecule has 0 spiro atoms. The minimum atomic E-state index is -1.00. The molecule has 2 N–H and O–H groups in total. The third-order valence-electron chi connectivity index (χ3n) is 3.25. The van der Waals surface area contributed by atoms with Crippen molar-refractivity contribution in [2.45, 2.75) is 19.4 Å². The Bertz CT molecular complexity index is 525. The van der Waals surface area contributed by atoms with Crippen molar-refractivity contribution in [2.24, 2.45) is 0 Å². The zero-order valence-electron chi connectivity index (χ0n) is 11.7. The minimum Gasteiger partial charge on any atom is -0.493 e. The highest BCUT2D eigenvalue weighted by atomic mass is 16.5. The van der Waals surface area contributed by atoms with Gasteiger partial charge in [-0.05, 0) is 43.2 Å². The Morgan fingerprint density at radius 2 is 2.20 bits per heavy atom.